The van der Waals surface area contributed by atoms with Crippen LogP contribution in [0.2, 0.25) is 0 Å². The molecule has 2 rings (SSSR count). The highest BCUT2D eigenvalue weighted by Gasteiger charge is 2.24. The summed E-state index contributed by atoms with van der Waals surface area (Å²) in [5.41, 5.74) is 7.55. The Hall–Kier alpha value is -2.01. The smallest absolute Gasteiger partial charge is 0.358 e. The van der Waals surface area contributed by atoms with E-state index in [0.29, 0.717) is 23.9 Å². The predicted octanol–water partition coefficient (Wildman–Crippen LogP) is 2.81. The van der Waals surface area contributed by atoms with Crippen LogP contribution < -0.4 is 10.5 Å². The van der Waals surface area contributed by atoms with E-state index >= 15 is 0 Å². The van der Waals surface area contributed by atoms with Crippen molar-refractivity contribution in [1.82, 2.24) is 4.57 Å². The maximum Gasteiger partial charge on any atom is 0.358 e. The van der Waals surface area contributed by atoms with E-state index in [0.717, 1.165) is 17.3 Å². The van der Waals surface area contributed by atoms with Crippen LogP contribution in [0.15, 0.2) is 24.3 Å². The molecule has 5 heteroatoms. The van der Waals surface area contributed by atoms with Gasteiger partial charge in [0.1, 0.15) is 0 Å². The first-order chi connectivity index (χ1) is 10.5. The number of hydrogen-bond acceptors (Lipinski definition) is 4. The highest BCUT2D eigenvalue weighted by atomic mass is 16.5. The molecule has 2 N–H and O–H groups in total. The quantitative estimate of drug-likeness (QED) is 0.833. The summed E-state index contributed by atoms with van der Waals surface area (Å²) in [5.74, 6) is 0.553. The fraction of sp³-hybridized carbons (Fsp3) is 0.471. The molecule has 0 fully saturated rings. The van der Waals surface area contributed by atoms with Crippen LogP contribution in [0.25, 0.3) is 10.9 Å². The molecule has 0 amide bonds. The third kappa shape index (κ3) is 2.95. The molecule has 5 nitrogen and oxygen atoms in total. The Morgan fingerprint density at radius 1 is 1.27 bits per heavy atom. The lowest BCUT2D eigenvalue weighted by atomic mass is 10.0. The van der Waals surface area contributed by atoms with Gasteiger partial charge in [0.25, 0.3) is 0 Å². The highest BCUT2D eigenvalue weighted by molar-refractivity contribution is 6.01. The van der Waals surface area contributed by atoms with Gasteiger partial charge in [0.05, 0.1) is 19.7 Å². The zero-order valence-corrected chi connectivity index (χ0v) is 13.6. The van der Waals surface area contributed by atoms with Crippen molar-refractivity contribution in [3.05, 3.63) is 30.0 Å². The van der Waals surface area contributed by atoms with Crippen molar-refractivity contribution >= 4 is 16.9 Å². The number of nitrogens with two attached hydrogens (primary N) is 1. The second kappa shape index (κ2) is 6.83. The number of ether oxygens (including phenoxy) is 2. The van der Waals surface area contributed by atoms with E-state index in [4.69, 9.17) is 15.2 Å². The van der Waals surface area contributed by atoms with Crippen LogP contribution in [0.1, 0.15) is 30.8 Å². The second-order valence-corrected chi connectivity index (χ2v) is 5.74. The Kier molecular flexibility index (Phi) is 5.08. The summed E-state index contributed by atoms with van der Waals surface area (Å²) in [4.78, 5) is 12.2. The van der Waals surface area contributed by atoms with Crippen molar-refractivity contribution in [3.8, 4) is 5.75 Å². The van der Waals surface area contributed by atoms with Crippen molar-refractivity contribution in [1.29, 1.82) is 0 Å². The molecule has 0 aliphatic rings. The molecule has 120 valence electrons. The monoisotopic (exact) mass is 304 g/mol. The molecule has 1 aromatic heterocycles. The SMILES string of the molecule is COC(=O)c1c(OC)c2ccccc2n1CCC(N)C(C)C. The van der Waals surface area contributed by atoms with E-state index < -0.39 is 5.97 Å². The third-order valence-corrected chi connectivity index (χ3v) is 4.05. The summed E-state index contributed by atoms with van der Waals surface area (Å²) in [5, 5.41) is 0.906. The minimum Gasteiger partial charge on any atom is -0.494 e. The summed E-state index contributed by atoms with van der Waals surface area (Å²) in [6, 6.07) is 7.88. The van der Waals surface area contributed by atoms with Crippen LogP contribution in [-0.2, 0) is 11.3 Å². The molecule has 2 aromatic rings. The largest absolute Gasteiger partial charge is 0.494 e. The van der Waals surface area contributed by atoms with Crippen molar-refractivity contribution in [2.75, 3.05) is 14.2 Å². The molecule has 22 heavy (non-hydrogen) atoms. The van der Waals surface area contributed by atoms with Crippen molar-refractivity contribution in [3.63, 3.8) is 0 Å². The number of benzene rings is 1. The number of carbonyl (C=O) groups is 1. The molecule has 0 bridgehead atoms. The Morgan fingerprint density at radius 3 is 2.55 bits per heavy atom. The van der Waals surface area contributed by atoms with Crippen LogP contribution in [0.5, 0.6) is 5.75 Å². The Morgan fingerprint density at radius 2 is 1.95 bits per heavy atom. The maximum atomic E-state index is 12.2. The number of aromatic nitrogens is 1. The van der Waals surface area contributed by atoms with Gasteiger partial charge in [0.15, 0.2) is 11.4 Å². The molecule has 1 heterocycles. The van der Waals surface area contributed by atoms with Crippen LogP contribution in [0.3, 0.4) is 0 Å². The van der Waals surface area contributed by atoms with Crippen LogP contribution in [-0.4, -0.2) is 30.8 Å². The molecule has 0 saturated carbocycles. The van der Waals surface area contributed by atoms with Crippen LogP contribution >= 0.6 is 0 Å². The average Bonchev–Trinajstić information content (AvgIpc) is 2.85. The number of nitrogens with zero attached hydrogens (tertiary/aromatic N) is 1. The Labute approximate surface area is 131 Å². The standard InChI is InChI=1S/C17H24N2O3/c1-11(2)13(18)9-10-19-14-8-6-5-7-12(14)16(21-3)15(19)17(20)22-4/h5-8,11,13H,9-10,18H2,1-4H3. The van der Waals surface area contributed by atoms with Gasteiger partial charge in [0, 0.05) is 18.0 Å². The van der Waals surface area contributed by atoms with Gasteiger partial charge in [-0.2, -0.15) is 0 Å². The summed E-state index contributed by atoms with van der Waals surface area (Å²) in [7, 11) is 2.95. The number of carbonyl (C=O) groups excluding carboxylic acids is 1. The lowest BCUT2D eigenvalue weighted by Crippen LogP contribution is -2.28. The topological polar surface area (TPSA) is 66.5 Å². The highest BCUT2D eigenvalue weighted by Crippen LogP contribution is 2.34. The van der Waals surface area contributed by atoms with Crippen molar-refractivity contribution in [2.24, 2.45) is 11.7 Å². The lowest BCUT2D eigenvalue weighted by molar-refractivity contribution is 0.0584. The molecule has 0 aliphatic heterocycles. The number of esters is 1. The minimum absolute atomic E-state index is 0.0812. The fourth-order valence-electron chi connectivity index (χ4n) is 2.62. The van der Waals surface area contributed by atoms with Gasteiger partial charge in [-0.1, -0.05) is 26.0 Å². The van der Waals surface area contributed by atoms with Gasteiger partial charge >= 0.3 is 5.97 Å². The lowest BCUT2D eigenvalue weighted by Gasteiger charge is -2.17. The number of methoxy groups -OCH3 is 2. The summed E-state index contributed by atoms with van der Waals surface area (Å²) < 4.78 is 12.3. The molecule has 1 atom stereocenters. The van der Waals surface area contributed by atoms with Crippen LogP contribution in [0, 0.1) is 5.92 Å². The maximum absolute atomic E-state index is 12.2. The number of hydrogen-bond donors (Lipinski definition) is 1. The van der Waals surface area contributed by atoms with E-state index in [1.807, 2.05) is 28.8 Å². The average molecular weight is 304 g/mol. The first kappa shape index (κ1) is 16.4. The normalized spacial score (nSPS) is 12.6. The third-order valence-electron chi connectivity index (χ3n) is 4.05. The van der Waals surface area contributed by atoms with Crippen molar-refractivity contribution in [2.45, 2.75) is 32.9 Å². The molecule has 0 aliphatic carbocycles. The molecule has 0 saturated heterocycles. The van der Waals surface area contributed by atoms with Gasteiger partial charge in [-0.15, -0.1) is 0 Å². The fourth-order valence-corrected chi connectivity index (χ4v) is 2.62. The number of rotatable bonds is 6. The molecular weight excluding hydrogens is 280 g/mol. The van der Waals surface area contributed by atoms with E-state index in [1.54, 1.807) is 7.11 Å². The van der Waals surface area contributed by atoms with E-state index in [9.17, 15) is 4.79 Å². The second-order valence-electron chi connectivity index (χ2n) is 5.74. The van der Waals surface area contributed by atoms with Crippen LogP contribution in [0.4, 0.5) is 0 Å². The Bertz CT molecular complexity index is 661. The number of aryl methyl sites for hydroxylation is 1. The summed E-state index contributed by atoms with van der Waals surface area (Å²) in [6.45, 7) is 4.84. The zero-order chi connectivity index (χ0) is 16.3. The minimum atomic E-state index is -0.397. The molecule has 1 unspecified atom stereocenters. The van der Waals surface area contributed by atoms with Gasteiger partial charge in [-0.05, 0) is 24.5 Å². The van der Waals surface area contributed by atoms with Gasteiger partial charge in [-0.3, -0.25) is 0 Å². The molecule has 0 radical (unpaired) electrons. The van der Waals surface area contributed by atoms with Gasteiger partial charge in [-0.25, -0.2) is 4.79 Å². The first-order valence-electron chi connectivity index (χ1n) is 7.50. The van der Waals surface area contributed by atoms with Gasteiger partial charge < -0.3 is 19.8 Å². The molecular formula is C17H24N2O3. The van der Waals surface area contributed by atoms with E-state index in [-0.39, 0.29) is 6.04 Å². The number of fused-ring (bicyclic) bond motifs is 1. The van der Waals surface area contributed by atoms with Gasteiger partial charge in [0.2, 0.25) is 0 Å². The van der Waals surface area contributed by atoms with E-state index in [2.05, 4.69) is 13.8 Å². The summed E-state index contributed by atoms with van der Waals surface area (Å²) in [6.07, 6.45) is 0.781. The van der Waals surface area contributed by atoms with Crippen molar-refractivity contribution < 1.29 is 14.3 Å². The summed E-state index contributed by atoms with van der Waals surface area (Å²) >= 11 is 0. The van der Waals surface area contributed by atoms with E-state index in [1.165, 1.54) is 7.11 Å². The first-order valence-corrected chi connectivity index (χ1v) is 7.50. The Balaban J connectivity index is 2.52. The molecule has 1 aromatic carbocycles. The predicted molar refractivity (Wildman–Crippen MR) is 87.3 cm³/mol. The molecule has 0 spiro atoms. The number of para-hydroxylation sites is 1. The zero-order valence-electron chi connectivity index (χ0n) is 13.6.